The second kappa shape index (κ2) is 10.4. The van der Waals surface area contributed by atoms with Crippen molar-refractivity contribution in [3.63, 3.8) is 0 Å². The summed E-state index contributed by atoms with van der Waals surface area (Å²) in [5.41, 5.74) is 0.826. The van der Waals surface area contributed by atoms with Gasteiger partial charge in [0.25, 0.3) is 5.91 Å². The van der Waals surface area contributed by atoms with E-state index in [1.54, 1.807) is 41.1 Å². The van der Waals surface area contributed by atoms with Gasteiger partial charge in [0.1, 0.15) is 30.2 Å². The van der Waals surface area contributed by atoms with Crippen molar-refractivity contribution in [2.24, 2.45) is 0 Å². The first-order valence-corrected chi connectivity index (χ1v) is 10.8. The Morgan fingerprint density at radius 3 is 2.55 bits per heavy atom. The van der Waals surface area contributed by atoms with E-state index in [0.717, 1.165) is 11.3 Å². The normalized spacial score (nSPS) is 10.8. The van der Waals surface area contributed by atoms with Crippen LogP contribution >= 0.6 is 23.2 Å². The summed E-state index contributed by atoms with van der Waals surface area (Å²) in [6, 6.07) is 15.7. The zero-order valence-electron chi connectivity index (χ0n) is 17.6. The van der Waals surface area contributed by atoms with E-state index in [0.29, 0.717) is 34.7 Å². The van der Waals surface area contributed by atoms with Crippen molar-refractivity contribution in [2.45, 2.75) is 20.1 Å². The summed E-state index contributed by atoms with van der Waals surface area (Å²) >= 11 is 12.1. The number of carbonyl (C=O) groups excluding carboxylic acids is 1. The first-order chi connectivity index (χ1) is 16.0. The van der Waals surface area contributed by atoms with Gasteiger partial charge in [-0.2, -0.15) is 0 Å². The Morgan fingerprint density at radius 2 is 1.82 bits per heavy atom. The predicted octanol–water partition coefficient (Wildman–Crippen LogP) is 5.46. The molecule has 8 nitrogen and oxygen atoms in total. The lowest BCUT2D eigenvalue weighted by atomic mass is 10.2. The number of nitrogens with zero attached hydrogens (tertiary/aromatic N) is 3. The molecule has 0 radical (unpaired) electrons. The van der Waals surface area contributed by atoms with Crippen LogP contribution in [0.2, 0.25) is 10.0 Å². The molecule has 170 valence electrons. The number of nitrogens with one attached hydrogen (secondary N) is 1. The first-order valence-electron chi connectivity index (χ1n) is 10.1. The van der Waals surface area contributed by atoms with Gasteiger partial charge in [-0.1, -0.05) is 29.3 Å². The van der Waals surface area contributed by atoms with Crippen LogP contribution in [0.3, 0.4) is 0 Å². The second-order valence-corrected chi connectivity index (χ2v) is 7.76. The molecular weight excluding hydrogens is 467 g/mol. The van der Waals surface area contributed by atoms with Crippen molar-refractivity contribution in [1.29, 1.82) is 0 Å². The average molecular weight is 487 g/mol. The number of amides is 1. The van der Waals surface area contributed by atoms with Crippen LogP contribution in [0.25, 0.3) is 0 Å². The summed E-state index contributed by atoms with van der Waals surface area (Å²) in [5.74, 6) is 1.74. The van der Waals surface area contributed by atoms with Gasteiger partial charge in [-0.15, -0.1) is 5.10 Å². The molecule has 2 aromatic heterocycles. The number of halogens is 2. The number of anilines is 1. The molecule has 0 fully saturated rings. The molecule has 10 heteroatoms. The Balaban J connectivity index is 1.31. The van der Waals surface area contributed by atoms with E-state index in [2.05, 4.69) is 15.4 Å². The van der Waals surface area contributed by atoms with Gasteiger partial charge in [0.15, 0.2) is 5.76 Å². The van der Waals surface area contributed by atoms with E-state index < -0.39 is 5.91 Å². The fraction of sp³-hybridized carbons (Fsp3) is 0.174. The highest BCUT2D eigenvalue weighted by molar-refractivity contribution is 6.35. The smallest absolute Gasteiger partial charge is 0.293 e. The molecule has 0 aliphatic rings. The maximum absolute atomic E-state index is 12.5. The van der Waals surface area contributed by atoms with E-state index in [9.17, 15) is 4.79 Å². The number of ether oxygens (including phenoxy) is 2. The van der Waals surface area contributed by atoms with Crippen LogP contribution in [-0.2, 0) is 13.2 Å². The maximum atomic E-state index is 12.5. The minimum absolute atomic E-state index is 0.123. The van der Waals surface area contributed by atoms with Crippen molar-refractivity contribution in [3.05, 3.63) is 88.1 Å². The van der Waals surface area contributed by atoms with Crippen LogP contribution in [0.15, 0.2) is 65.3 Å². The van der Waals surface area contributed by atoms with Gasteiger partial charge in [0, 0.05) is 10.0 Å². The fourth-order valence-corrected chi connectivity index (χ4v) is 3.41. The molecule has 1 amide bonds. The number of furan rings is 1. The van der Waals surface area contributed by atoms with E-state index in [1.807, 2.05) is 25.1 Å². The minimum atomic E-state index is -0.468. The number of carbonyl (C=O) groups is 1. The number of benzene rings is 2. The van der Waals surface area contributed by atoms with E-state index in [1.165, 1.54) is 6.33 Å². The molecule has 0 bridgehead atoms. The highest BCUT2D eigenvalue weighted by Crippen LogP contribution is 2.22. The van der Waals surface area contributed by atoms with Gasteiger partial charge >= 0.3 is 0 Å². The molecule has 0 unspecified atom stereocenters. The molecule has 4 rings (SSSR count). The average Bonchev–Trinajstić information content (AvgIpc) is 3.45. The van der Waals surface area contributed by atoms with Crippen molar-refractivity contribution in [1.82, 2.24) is 14.8 Å². The van der Waals surface area contributed by atoms with Crippen molar-refractivity contribution < 1.29 is 18.7 Å². The lowest BCUT2D eigenvalue weighted by Crippen LogP contribution is -2.12. The summed E-state index contributed by atoms with van der Waals surface area (Å²) in [5, 5.41) is 7.93. The zero-order chi connectivity index (χ0) is 23.2. The predicted molar refractivity (Wildman–Crippen MR) is 124 cm³/mol. The number of rotatable bonds is 9. The summed E-state index contributed by atoms with van der Waals surface area (Å²) in [4.78, 5) is 16.6. The molecule has 1 N–H and O–H groups in total. The second-order valence-electron chi connectivity index (χ2n) is 6.91. The standard InChI is InChI=1S/C23H20Cl2N4O4/c1-2-31-17-5-7-18(8-6-17)32-13-19-9-10-21(33-19)22(30)27-23-26-14-29(28-23)12-15-3-4-16(24)11-20(15)25/h3-11,14H,2,12-13H2,1H3,(H,27,28,30). The molecule has 0 saturated heterocycles. The molecule has 4 aromatic rings. The van der Waals surface area contributed by atoms with Crippen LogP contribution in [0.5, 0.6) is 11.5 Å². The highest BCUT2D eigenvalue weighted by Gasteiger charge is 2.14. The van der Waals surface area contributed by atoms with Gasteiger partial charge in [-0.05, 0) is 61.0 Å². The molecule has 2 heterocycles. The van der Waals surface area contributed by atoms with Crippen molar-refractivity contribution in [2.75, 3.05) is 11.9 Å². The van der Waals surface area contributed by atoms with Crippen LogP contribution in [0, 0.1) is 0 Å². The number of hydrogen-bond donors (Lipinski definition) is 1. The monoisotopic (exact) mass is 486 g/mol. The van der Waals surface area contributed by atoms with Gasteiger partial charge in [0.05, 0.1) is 13.2 Å². The Bertz CT molecular complexity index is 1240. The summed E-state index contributed by atoms with van der Waals surface area (Å²) in [7, 11) is 0. The van der Waals surface area contributed by atoms with E-state index in [4.69, 9.17) is 37.1 Å². The first kappa shape index (κ1) is 22.7. The molecular formula is C23H20Cl2N4O4. The molecule has 2 aromatic carbocycles. The Labute approximate surface area is 200 Å². The Kier molecular flexibility index (Phi) is 7.16. The third-order valence-corrected chi connectivity index (χ3v) is 5.10. The molecule has 0 aliphatic carbocycles. The van der Waals surface area contributed by atoms with E-state index >= 15 is 0 Å². The lowest BCUT2D eigenvalue weighted by molar-refractivity contribution is 0.0991. The third kappa shape index (κ3) is 6.06. The number of aromatic nitrogens is 3. The molecule has 0 atom stereocenters. The van der Waals surface area contributed by atoms with Gasteiger partial charge in [-0.3, -0.25) is 10.1 Å². The number of hydrogen-bond acceptors (Lipinski definition) is 6. The maximum Gasteiger partial charge on any atom is 0.293 e. The Morgan fingerprint density at radius 1 is 1.06 bits per heavy atom. The fourth-order valence-electron chi connectivity index (χ4n) is 2.95. The van der Waals surface area contributed by atoms with Crippen molar-refractivity contribution in [3.8, 4) is 11.5 Å². The summed E-state index contributed by atoms with van der Waals surface area (Å²) < 4.78 is 18.2. The van der Waals surface area contributed by atoms with Crippen LogP contribution < -0.4 is 14.8 Å². The largest absolute Gasteiger partial charge is 0.494 e. The van der Waals surface area contributed by atoms with Gasteiger partial charge in [0.2, 0.25) is 5.95 Å². The van der Waals surface area contributed by atoms with Crippen LogP contribution in [-0.4, -0.2) is 27.3 Å². The Hall–Kier alpha value is -3.49. The van der Waals surface area contributed by atoms with Crippen LogP contribution in [0.4, 0.5) is 5.95 Å². The van der Waals surface area contributed by atoms with Gasteiger partial charge < -0.3 is 13.9 Å². The minimum Gasteiger partial charge on any atom is -0.494 e. The third-order valence-electron chi connectivity index (χ3n) is 4.51. The summed E-state index contributed by atoms with van der Waals surface area (Å²) in [6.45, 7) is 3.08. The molecule has 33 heavy (non-hydrogen) atoms. The van der Waals surface area contributed by atoms with Gasteiger partial charge in [-0.25, -0.2) is 9.67 Å². The summed E-state index contributed by atoms with van der Waals surface area (Å²) in [6.07, 6.45) is 1.50. The topological polar surface area (TPSA) is 91.4 Å². The molecule has 0 aliphatic heterocycles. The van der Waals surface area contributed by atoms with Crippen LogP contribution in [0.1, 0.15) is 28.8 Å². The quantitative estimate of drug-likeness (QED) is 0.337. The molecule has 0 saturated carbocycles. The van der Waals surface area contributed by atoms with E-state index in [-0.39, 0.29) is 18.3 Å². The highest BCUT2D eigenvalue weighted by atomic mass is 35.5. The SMILES string of the molecule is CCOc1ccc(OCc2ccc(C(=O)Nc3ncn(Cc4ccc(Cl)cc4Cl)n3)o2)cc1. The molecule has 0 spiro atoms. The lowest BCUT2D eigenvalue weighted by Gasteiger charge is -2.06. The zero-order valence-corrected chi connectivity index (χ0v) is 19.1. The van der Waals surface area contributed by atoms with Crippen molar-refractivity contribution >= 4 is 35.1 Å².